The van der Waals surface area contributed by atoms with Gasteiger partial charge in [-0.1, -0.05) is 25.3 Å². The van der Waals surface area contributed by atoms with Gasteiger partial charge in [-0.15, -0.1) is 5.10 Å². The van der Waals surface area contributed by atoms with Crippen LogP contribution in [0.3, 0.4) is 0 Å². The summed E-state index contributed by atoms with van der Waals surface area (Å²) < 4.78 is 3.86. The van der Waals surface area contributed by atoms with Gasteiger partial charge in [0, 0.05) is 5.38 Å². The van der Waals surface area contributed by atoms with E-state index in [1.165, 1.54) is 11.5 Å². The minimum atomic E-state index is 0.185. The van der Waals surface area contributed by atoms with Crippen molar-refractivity contribution < 1.29 is 0 Å². The van der Waals surface area contributed by atoms with E-state index in [0.717, 1.165) is 5.69 Å². The summed E-state index contributed by atoms with van der Waals surface area (Å²) in [6.07, 6.45) is 0. The summed E-state index contributed by atoms with van der Waals surface area (Å²) in [5, 5.41) is 9.30. The van der Waals surface area contributed by atoms with Crippen molar-refractivity contribution in [1.82, 2.24) is 14.9 Å². The van der Waals surface area contributed by atoms with E-state index in [-0.39, 0.29) is 11.5 Å². The standard InChI is InChI=1S/C8H15N3S/c1-8(2,3)7(9-4)6-5-12-11-10-6/h5,7,9H,1-4H3. The Morgan fingerprint density at radius 3 is 2.50 bits per heavy atom. The summed E-state index contributed by atoms with van der Waals surface area (Å²) in [7, 11) is 1.95. The first-order valence-corrected chi connectivity index (χ1v) is 4.83. The first kappa shape index (κ1) is 9.61. The lowest BCUT2D eigenvalue weighted by molar-refractivity contribution is 0.281. The first-order valence-electron chi connectivity index (χ1n) is 4.00. The van der Waals surface area contributed by atoms with E-state index in [1.807, 2.05) is 12.4 Å². The molecule has 3 nitrogen and oxygen atoms in total. The molecule has 0 radical (unpaired) electrons. The zero-order valence-electron chi connectivity index (χ0n) is 7.96. The van der Waals surface area contributed by atoms with Gasteiger partial charge < -0.3 is 5.32 Å². The fraction of sp³-hybridized carbons (Fsp3) is 0.750. The zero-order valence-corrected chi connectivity index (χ0v) is 8.77. The molecule has 1 N–H and O–H groups in total. The van der Waals surface area contributed by atoms with Crippen molar-refractivity contribution >= 4 is 11.5 Å². The molecule has 0 aliphatic rings. The Hall–Kier alpha value is -0.480. The van der Waals surface area contributed by atoms with Crippen LogP contribution in [0.15, 0.2) is 5.38 Å². The summed E-state index contributed by atoms with van der Waals surface area (Å²) in [6, 6.07) is 0.288. The van der Waals surface area contributed by atoms with Gasteiger partial charge in [-0.25, -0.2) is 0 Å². The summed E-state index contributed by atoms with van der Waals surface area (Å²) in [5.74, 6) is 0. The predicted octanol–water partition coefficient (Wildman–Crippen LogP) is 1.84. The molecule has 0 spiro atoms. The van der Waals surface area contributed by atoms with Gasteiger partial charge in [0.25, 0.3) is 0 Å². The lowest BCUT2D eigenvalue weighted by atomic mass is 9.85. The summed E-state index contributed by atoms with van der Waals surface area (Å²) in [4.78, 5) is 0. The lowest BCUT2D eigenvalue weighted by Gasteiger charge is -2.28. The second-order valence-electron chi connectivity index (χ2n) is 3.92. The van der Waals surface area contributed by atoms with Crippen molar-refractivity contribution in [1.29, 1.82) is 0 Å². The van der Waals surface area contributed by atoms with E-state index < -0.39 is 0 Å². The van der Waals surface area contributed by atoms with Crippen LogP contribution >= 0.6 is 11.5 Å². The van der Waals surface area contributed by atoms with Crippen LogP contribution in [0.2, 0.25) is 0 Å². The lowest BCUT2D eigenvalue weighted by Crippen LogP contribution is -2.29. The number of aromatic nitrogens is 2. The van der Waals surface area contributed by atoms with E-state index in [9.17, 15) is 0 Å². The van der Waals surface area contributed by atoms with E-state index >= 15 is 0 Å². The Labute approximate surface area is 77.4 Å². The average Bonchev–Trinajstić information content (AvgIpc) is 2.38. The molecule has 0 amide bonds. The van der Waals surface area contributed by atoms with Gasteiger partial charge >= 0.3 is 0 Å². The molecule has 68 valence electrons. The van der Waals surface area contributed by atoms with Crippen molar-refractivity contribution in [3.63, 3.8) is 0 Å². The van der Waals surface area contributed by atoms with Gasteiger partial charge in [0.1, 0.15) is 0 Å². The summed E-state index contributed by atoms with van der Waals surface area (Å²) in [6.45, 7) is 6.56. The van der Waals surface area contributed by atoms with Gasteiger partial charge in [-0.3, -0.25) is 0 Å². The Bertz CT molecular complexity index is 225. The SMILES string of the molecule is CNC(c1csnn1)C(C)(C)C. The van der Waals surface area contributed by atoms with Crippen LogP contribution in [0, 0.1) is 5.41 Å². The van der Waals surface area contributed by atoms with Crippen molar-refractivity contribution in [2.45, 2.75) is 26.8 Å². The summed E-state index contributed by atoms with van der Waals surface area (Å²) >= 11 is 1.40. The number of nitrogens with one attached hydrogen (secondary N) is 1. The maximum atomic E-state index is 4.06. The molecule has 1 rings (SSSR count). The molecule has 0 saturated heterocycles. The zero-order chi connectivity index (χ0) is 9.19. The molecular formula is C8H15N3S. The quantitative estimate of drug-likeness (QED) is 0.764. The van der Waals surface area contributed by atoms with Crippen molar-refractivity contribution in [3.05, 3.63) is 11.1 Å². The van der Waals surface area contributed by atoms with Crippen LogP contribution in [-0.2, 0) is 0 Å². The molecule has 0 aliphatic carbocycles. The van der Waals surface area contributed by atoms with E-state index in [2.05, 4.69) is 35.7 Å². The highest BCUT2D eigenvalue weighted by Gasteiger charge is 2.26. The van der Waals surface area contributed by atoms with Gasteiger partial charge in [-0.2, -0.15) is 0 Å². The molecule has 1 heterocycles. The molecule has 0 aromatic carbocycles. The van der Waals surface area contributed by atoms with Gasteiger partial charge in [0.2, 0.25) is 0 Å². The van der Waals surface area contributed by atoms with Crippen molar-refractivity contribution in [2.75, 3.05) is 7.05 Å². The van der Waals surface area contributed by atoms with Crippen molar-refractivity contribution in [2.24, 2.45) is 5.41 Å². The number of hydrogen-bond acceptors (Lipinski definition) is 4. The third-order valence-corrected chi connectivity index (χ3v) is 2.35. The maximum absolute atomic E-state index is 4.06. The first-order chi connectivity index (χ1) is 5.55. The Balaban J connectivity index is 2.84. The van der Waals surface area contributed by atoms with E-state index in [4.69, 9.17) is 0 Å². The second-order valence-corrected chi connectivity index (χ2v) is 4.53. The highest BCUT2D eigenvalue weighted by molar-refractivity contribution is 7.03. The third-order valence-electron chi connectivity index (χ3n) is 1.83. The topological polar surface area (TPSA) is 37.8 Å². The Morgan fingerprint density at radius 2 is 2.17 bits per heavy atom. The second kappa shape index (κ2) is 3.49. The Kier molecular flexibility index (Phi) is 2.80. The fourth-order valence-corrected chi connectivity index (χ4v) is 1.80. The van der Waals surface area contributed by atoms with Crippen molar-refractivity contribution in [3.8, 4) is 0 Å². The molecule has 1 aromatic rings. The minimum Gasteiger partial charge on any atom is -0.311 e. The molecule has 1 atom stereocenters. The van der Waals surface area contributed by atoms with Crippen LogP contribution in [0.5, 0.6) is 0 Å². The summed E-state index contributed by atoms with van der Waals surface area (Å²) in [5.41, 5.74) is 1.22. The van der Waals surface area contributed by atoms with E-state index in [1.54, 1.807) is 0 Å². The largest absolute Gasteiger partial charge is 0.311 e. The molecule has 0 aliphatic heterocycles. The molecule has 12 heavy (non-hydrogen) atoms. The smallest absolute Gasteiger partial charge is 0.0929 e. The maximum Gasteiger partial charge on any atom is 0.0929 e. The molecule has 0 bridgehead atoms. The minimum absolute atomic E-state index is 0.185. The molecule has 1 unspecified atom stereocenters. The van der Waals surface area contributed by atoms with Crippen LogP contribution in [-0.4, -0.2) is 16.6 Å². The highest BCUT2D eigenvalue weighted by atomic mass is 32.1. The normalized spacial score (nSPS) is 14.7. The van der Waals surface area contributed by atoms with Crippen LogP contribution in [0.4, 0.5) is 0 Å². The van der Waals surface area contributed by atoms with Gasteiger partial charge in [0.05, 0.1) is 11.7 Å². The fourth-order valence-electron chi connectivity index (χ4n) is 1.32. The Morgan fingerprint density at radius 1 is 1.50 bits per heavy atom. The third kappa shape index (κ3) is 2.01. The van der Waals surface area contributed by atoms with Crippen LogP contribution in [0.25, 0.3) is 0 Å². The molecule has 1 aromatic heterocycles. The van der Waals surface area contributed by atoms with Gasteiger partial charge in [0.15, 0.2) is 0 Å². The predicted molar refractivity (Wildman–Crippen MR) is 51.2 cm³/mol. The number of hydrogen-bond donors (Lipinski definition) is 1. The number of rotatable bonds is 2. The average molecular weight is 185 g/mol. The molecule has 0 fully saturated rings. The number of nitrogens with zero attached hydrogens (tertiary/aromatic N) is 2. The van der Waals surface area contributed by atoms with Gasteiger partial charge in [-0.05, 0) is 24.0 Å². The van der Waals surface area contributed by atoms with Crippen LogP contribution in [0.1, 0.15) is 32.5 Å². The monoisotopic (exact) mass is 185 g/mol. The molecular weight excluding hydrogens is 170 g/mol. The van der Waals surface area contributed by atoms with E-state index in [0.29, 0.717) is 0 Å². The highest BCUT2D eigenvalue weighted by Crippen LogP contribution is 2.31. The van der Waals surface area contributed by atoms with Crippen LogP contribution < -0.4 is 5.32 Å². The molecule has 0 saturated carbocycles. The molecule has 4 heteroatoms.